The van der Waals surface area contributed by atoms with Crippen LogP contribution < -0.4 is 11.1 Å². The van der Waals surface area contributed by atoms with Gasteiger partial charge in [-0.3, -0.25) is 4.79 Å². The van der Waals surface area contributed by atoms with Crippen molar-refractivity contribution in [3.05, 3.63) is 89.5 Å². The average Bonchev–Trinajstić information content (AvgIpc) is 3.04. The molecule has 45 heavy (non-hydrogen) atoms. The molecule has 8 nitrogen and oxygen atoms in total. The first kappa shape index (κ1) is 34.3. The van der Waals surface area contributed by atoms with Crippen molar-refractivity contribution in [1.29, 1.82) is 5.26 Å². The summed E-state index contributed by atoms with van der Waals surface area (Å²) < 4.78 is 27.6. The van der Waals surface area contributed by atoms with Crippen LogP contribution in [0.1, 0.15) is 43.4 Å². The molecule has 4 rings (SSSR count). The highest BCUT2D eigenvalue weighted by atomic mass is 32.2. The molecule has 0 aromatic heterocycles. The number of hydrogen-bond donors (Lipinski definition) is 2. The molecule has 3 aromatic carbocycles. The van der Waals surface area contributed by atoms with E-state index in [1.165, 1.54) is 11.1 Å². The molecule has 3 aromatic rings. The van der Waals surface area contributed by atoms with Crippen LogP contribution >= 0.6 is 0 Å². The Morgan fingerprint density at radius 2 is 1.49 bits per heavy atom. The number of carbonyl (C=O) groups excluding carboxylic acids is 1. The van der Waals surface area contributed by atoms with E-state index in [0.717, 1.165) is 49.0 Å². The van der Waals surface area contributed by atoms with Crippen LogP contribution in [0, 0.1) is 23.2 Å². The zero-order valence-corrected chi connectivity index (χ0v) is 27.6. The first-order chi connectivity index (χ1) is 21.6. The van der Waals surface area contributed by atoms with Gasteiger partial charge in [-0.25, -0.2) is 8.42 Å². The van der Waals surface area contributed by atoms with Crippen molar-refractivity contribution < 1.29 is 13.2 Å². The fraction of sp³-hybridized carbons (Fsp3) is 0.444. The second-order valence-electron chi connectivity index (χ2n) is 12.5. The number of rotatable bonds is 14. The molecule has 240 valence electrons. The minimum Gasteiger partial charge on any atom is -0.340 e. The maximum Gasteiger partial charge on any atom is 0.243 e. The van der Waals surface area contributed by atoms with Gasteiger partial charge in [0.1, 0.15) is 6.04 Å². The molecule has 1 saturated heterocycles. The van der Waals surface area contributed by atoms with E-state index in [2.05, 4.69) is 48.3 Å². The number of piperazine rings is 1. The second kappa shape index (κ2) is 16.1. The van der Waals surface area contributed by atoms with Crippen LogP contribution in [-0.4, -0.2) is 69.3 Å². The van der Waals surface area contributed by atoms with E-state index < -0.39 is 16.1 Å². The van der Waals surface area contributed by atoms with E-state index >= 15 is 0 Å². The van der Waals surface area contributed by atoms with E-state index in [-0.39, 0.29) is 11.8 Å². The molecule has 0 saturated carbocycles. The lowest BCUT2D eigenvalue weighted by atomic mass is 9.91. The topological polar surface area (TPSA) is 120 Å². The molecule has 3 atom stereocenters. The fourth-order valence-electron chi connectivity index (χ4n) is 5.73. The van der Waals surface area contributed by atoms with Crippen LogP contribution in [0.2, 0.25) is 0 Å². The van der Waals surface area contributed by atoms with Crippen LogP contribution in [0.25, 0.3) is 11.1 Å². The predicted octanol–water partition coefficient (Wildman–Crippen LogP) is 4.64. The van der Waals surface area contributed by atoms with Crippen molar-refractivity contribution in [2.45, 2.75) is 56.9 Å². The Labute approximate surface area is 269 Å². The summed E-state index contributed by atoms with van der Waals surface area (Å²) in [7, 11) is -1.52. The first-order valence-electron chi connectivity index (χ1n) is 15.9. The molecule has 0 aliphatic carbocycles. The van der Waals surface area contributed by atoms with Gasteiger partial charge in [-0.2, -0.15) is 9.57 Å². The molecule has 1 aliphatic rings. The normalized spacial score (nSPS) is 16.4. The minimum absolute atomic E-state index is 0.119. The summed E-state index contributed by atoms with van der Waals surface area (Å²) >= 11 is 0. The molecule has 9 heteroatoms. The molecule has 3 unspecified atom stereocenters. The second-order valence-corrected chi connectivity index (χ2v) is 14.5. The zero-order valence-electron chi connectivity index (χ0n) is 26.8. The summed E-state index contributed by atoms with van der Waals surface area (Å²) in [5, 5.41) is 12.7. The number of likely N-dealkylation sites (N-methyl/N-ethyl adjacent to an activating group) is 1. The molecule has 0 spiro atoms. The van der Waals surface area contributed by atoms with Gasteiger partial charge in [-0.05, 0) is 84.6 Å². The quantitative estimate of drug-likeness (QED) is 0.268. The van der Waals surface area contributed by atoms with Crippen LogP contribution in [0.3, 0.4) is 0 Å². The molecule has 3 N–H and O–H groups in total. The van der Waals surface area contributed by atoms with Gasteiger partial charge in [0.05, 0.1) is 11.0 Å². The Balaban J connectivity index is 1.29. The molecule has 0 radical (unpaired) electrons. The van der Waals surface area contributed by atoms with Gasteiger partial charge in [0, 0.05) is 39.0 Å². The highest BCUT2D eigenvalue weighted by molar-refractivity contribution is 7.89. The summed E-state index contributed by atoms with van der Waals surface area (Å²) in [6.07, 6.45) is 3.59. The number of benzene rings is 3. The standard InChI is InChI=1S/C36H47N5O3S/c1-27(25-37)8-11-30-6-4-5-7-33(30)22-28(2)23-36(42)39-34(26-38)24-29-9-12-31(13-10-29)32-14-16-35(17-15-32)45(43,44)41-20-18-40(3)19-21-41/h4-7,9-10,12-17,27-28,34H,8,11,18-25,37H2,1-3H3,(H,39,42). The molecule has 0 bridgehead atoms. The smallest absolute Gasteiger partial charge is 0.243 e. The van der Waals surface area contributed by atoms with Gasteiger partial charge in [0.25, 0.3) is 0 Å². The number of hydrogen-bond acceptors (Lipinski definition) is 6. The van der Waals surface area contributed by atoms with Gasteiger partial charge in [-0.15, -0.1) is 0 Å². The fourth-order valence-corrected chi connectivity index (χ4v) is 7.15. The zero-order chi connectivity index (χ0) is 32.4. The highest BCUT2D eigenvalue weighted by Gasteiger charge is 2.27. The summed E-state index contributed by atoms with van der Waals surface area (Å²) in [5.74, 6) is 0.497. The molecule has 1 fully saturated rings. The van der Waals surface area contributed by atoms with Gasteiger partial charge in [0.15, 0.2) is 0 Å². The highest BCUT2D eigenvalue weighted by Crippen LogP contribution is 2.25. The molecule has 1 amide bonds. The molecular weight excluding hydrogens is 582 g/mol. The number of carbonyl (C=O) groups is 1. The lowest BCUT2D eigenvalue weighted by molar-refractivity contribution is -0.122. The van der Waals surface area contributed by atoms with Crippen molar-refractivity contribution in [3.63, 3.8) is 0 Å². The van der Waals surface area contributed by atoms with Crippen molar-refractivity contribution in [3.8, 4) is 17.2 Å². The van der Waals surface area contributed by atoms with Crippen LogP contribution in [-0.2, 0) is 34.1 Å². The third-order valence-corrected chi connectivity index (χ3v) is 10.6. The average molecular weight is 630 g/mol. The molecular formula is C36H47N5O3S. The number of aryl methyl sites for hydroxylation is 1. The van der Waals surface area contributed by atoms with Crippen molar-refractivity contribution in [1.82, 2.24) is 14.5 Å². The number of nitrogens with one attached hydrogen (secondary N) is 1. The van der Waals surface area contributed by atoms with Gasteiger partial charge < -0.3 is 16.0 Å². The van der Waals surface area contributed by atoms with Crippen LogP contribution in [0.15, 0.2) is 77.7 Å². The maximum absolute atomic E-state index is 13.1. The minimum atomic E-state index is -3.51. The first-order valence-corrected chi connectivity index (χ1v) is 17.4. The summed E-state index contributed by atoms with van der Waals surface area (Å²) in [6, 6.07) is 24.8. The Morgan fingerprint density at radius 1 is 0.889 bits per heavy atom. The Bertz CT molecular complexity index is 1540. The van der Waals surface area contributed by atoms with Crippen LogP contribution in [0.5, 0.6) is 0 Å². The maximum atomic E-state index is 13.1. The van der Waals surface area contributed by atoms with E-state index in [0.29, 0.717) is 43.3 Å². The predicted molar refractivity (Wildman–Crippen MR) is 180 cm³/mol. The van der Waals surface area contributed by atoms with Crippen LogP contribution in [0.4, 0.5) is 0 Å². The Hall–Kier alpha value is -3.55. The monoisotopic (exact) mass is 629 g/mol. The van der Waals surface area contributed by atoms with Gasteiger partial charge >= 0.3 is 0 Å². The van der Waals surface area contributed by atoms with E-state index in [1.807, 2.05) is 49.5 Å². The Kier molecular flexibility index (Phi) is 12.3. The number of nitrogens with zero attached hydrogens (tertiary/aromatic N) is 3. The lowest BCUT2D eigenvalue weighted by Crippen LogP contribution is -2.46. The lowest BCUT2D eigenvalue weighted by Gasteiger charge is -2.31. The van der Waals surface area contributed by atoms with Crippen molar-refractivity contribution >= 4 is 15.9 Å². The van der Waals surface area contributed by atoms with Gasteiger partial charge in [-0.1, -0.05) is 74.5 Å². The summed E-state index contributed by atoms with van der Waals surface area (Å²) in [6.45, 7) is 7.37. The third kappa shape index (κ3) is 9.72. The number of nitrogens with two attached hydrogens (primary N) is 1. The van der Waals surface area contributed by atoms with Gasteiger partial charge in [0.2, 0.25) is 15.9 Å². The largest absolute Gasteiger partial charge is 0.340 e. The third-order valence-electron chi connectivity index (χ3n) is 8.70. The number of sulfonamides is 1. The van der Waals surface area contributed by atoms with Crippen molar-refractivity contribution in [2.24, 2.45) is 17.6 Å². The molecule has 1 heterocycles. The SMILES string of the molecule is CC(CN)CCc1ccccc1CC(C)CC(=O)NC(C#N)Cc1ccc(-c2ccc(S(=O)(=O)N3CCN(C)CC3)cc2)cc1. The van der Waals surface area contributed by atoms with E-state index in [4.69, 9.17) is 5.73 Å². The Morgan fingerprint density at radius 3 is 2.09 bits per heavy atom. The van der Waals surface area contributed by atoms with Crippen molar-refractivity contribution in [2.75, 3.05) is 39.8 Å². The molecule has 1 aliphatic heterocycles. The summed E-state index contributed by atoms with van der Waals surface area (Å²) in [5.41, 5.74) is 11.2. The van der Waals surface area contributed by atoms with E-state index in [9.17, 15) is 18.5 Å². The number of amides is 1. The number of nitriles is 1. The van der Waals surface area contributed by atoms with E-state index in [1.54, 1.807) is 16.4 Å². The summed E-state index contributed by atoms with van der Waals surface area (Å²) in [4.78, 5) is 15.3.